The molecule has 140 valence electrons. The van der Waals surface area contributed by atoms with Crippen molar-refractivity contribution in [1.29, 1.82) is 0 Å². The topological polar surface area (TPSA) is 30.9 Å². The molecule has 0 aromatic heterocycles. The Morgan fingerprint density at radius 2 is 2.08 bits per heavy atom. The number of rotatable bonds is 10. The molecule has 1 saturated carbocycles. The van der Waals surface area contributed by atoms with E-state index in [1.807, 2.05) is 6.08 Å². The number of aliphatic imine (C=N–C) groups is 1. The van der Waals surface area contributed by atoms with E-state index in [1.165, 1.54) is 51.6 Å². The SMILES string of the molecule is C=CCCCCCN(C)C(=NCC1CCN(C2CC2)C1)NCC.I. The van der Waals surface area contributed by atoms with E-state index in [4.69, 9.17) is 4.99 Å². The van der Waals surface area contributed by atoms with Crippen LogP contribution in [-0.4, -0.2) is 61.6 Å². The molecule has 0 radical (unpaired) electrons. The lowest BCUT2D eigenvalue weighted by molar-refractivity contribution is 0.315. The Kier molecular flexibility index (Phi) is 11.0. The van der Waals surface area contributed by atoms with Crippen molar-refractivity contribution in [1.82, 2.24) is 15.1 Å². The van der Waals surface area contributed by atoms with Crippen molar-refractivity contribution < 1.29 is 0 Å². The molecule has 1 aliphatic heterocycles. The van der Waals surface area contributed by atoms with Crippen molar-refractivity contribution in [2.75, 3.05) is 39.8 Å². The average molecular weight is 448 g/mol. The maximum Gasteiger partial charge on any atom is 0.193 e. The summed E-state index contributed by atoms with van der Waals surface area (Å²) >= 11 is 0. The first-order chi connectivity index (χ1) is 11.2. The predicted octanol–water partition coefficient (Wildman–Crippen LogP) is 3.73. The van der Waals surface area contributed by atoms with Crippen molar-refractivity contribution in [3.8, 4) is 0 Å². The van der Waals surface area contributed by atoms with Crippen LogP contribution in [-0.2, 0) is 0 Å². The van der Waals surface area contributed by atoms with Gasteiger partial charge < -0.3 is 15.1 Å². The summed E-state index contributed by atoms with van der Waals surface area (Å²) in [4.78, 5) is 9.89. The van der Waals surface area contributed by atoms with Gasteiger partial charge in [-0.1, -0.05) is 12.5 Å². The zero-order valence-corrected chi connectivity index (χ0v) is 18.0. The first-order valence-electron chi connectivity index (χ1n) is 9.59. The molecule has 1 saturated heterocycles. The number of guanidine groups is 1. The molecule has 4 nitrogen and oxygen atoms in total. The summed E-state index contributed by atoms with van der Waals surface area (Å²) in [6, 6.07) is 0.912. The first-order valence-corrected chi connectivity index (χ1v) is 9.59. The number of halogens is 1. The van der Waals surface area contributed by atoms with Gasteiger partial charge in [0.05, 0.1) is 0 Å². The third kappa shape index (κ3) is 7.72. The summed E-state index contributed by atoms with van der Waals surface area (Å²) in [7, 11) is 2.17. The van der Waals surface area contributed by atoms with Crippen LogP contribution in [0.25, 0.3) is 0 Å². The van der Waals surface area contributed by atoms with Gasteiger partial charge in [-0.15, -0.1) is 30.6 Å². The lowest BCUT2D eigenvalue weighted by atomic mass is 10.1. The summed E-state index contributed by atoms with van der Waals surface area (Å²) in [5, 5.41) is 3.45. The van der Waals surface area contributed by atoms with Crippen LogP contribution >= 0.6 is 24.0 Å². The van der Waals surface area contributed by atoms with E-state index in [9.17, 15) is 0 Å². The van der Waals surface area contributed by atoms with Gasteiger partial charge in [0.25, 0.3) is 0 Å². The van der Waals surface area contributed by atoms with Crippen LogP contribution in [0.15, 0.2) is 17.6 Å². The fourth-order valence-corrected chi connectivity index (χ4v) is 3.39. The zero-order valence-electron chi connectivity index (χ0n) is 15.7. The Labute approximate surface area is 166 Å². The third-order valence-corrected chi connectivity index (χ3v) is 4.98. The first kappa shape index (κ1) is 21.7. The second kappa shape index (κ2) is 12.1. The van der Waals surface area contributed by atoms with Crippen molar-refractivity contribution in [3.05, 3.63) is 12.7 Å². The molecule has 5 heteroatoms. The maximum atomic E-state index is 4.91. The largest absolute Gasteiger partial charge is 0.357 e. The van der Waals surface area contributed by atoms with E-state index in [1.54, 1.807) is 0 Å². The number of likely N-dealkylation sites (tertiary alicyclic amines) is 1. The number of nitrogens with zero attached hydrogens (tertiary/aromatic N) is 3. The number of hydrogen-bond acceptors (Lipinski definition) is 2. The summed E-state index contributed by atoms with van der Waals surface area (Å²) in [5.74, 6) is 1.84. The summed E-state index contributed by atoms with van der Waals surface area (Å²) < 4.78 is 0. The highest BCUT2D eigenvalue weighted by Crippen LogP contribution is 2.31. The molecule has 24 heavy (non-hydrogen) atoms. The van der Waals surface area contributed by atoms with Gasteiger partial charge in [-0.25, -0.2) is 0 Å². The second-order valence-corrected chi connectivity index (χ2v) is 7.14. The molecule has 1 heterocycles. The van der Waals surface area contributed by atoms with E-state index in [0.717, 1.165) is 44.0 Å². The lowest BCUT2D eigenvalue weighted by Crippen LogP contribution is -2.39. The molecule has 1 unspecified atom stereocenters. The normalized spacial score (nSPS) is 21.4. The highest BCUT2D eigenvalue weighted by molar-refractivity contribution is 14.0. The van der Waals surface area contributed by atoms with Crippen molar-refractivity contribution in [3.63, 3.8) is 0 Å². The van der Waals surface area contributed by atoms with Crippen molar-refractivity contribution in [2.45, 2.75) is 57.9 Å². The van der Waals surface area contributed by atoms with E-state index >= 15 is 0 Å². The fraction of sp³-hybridized carbons (Fsp3) is 0.842. The van der Waals surface area contributed by atoms with Gasteiger partial charge >= 0.3 is 0 Å². The molecule has 1 aliphatic carbocycles. The average Bonchev–Trinajstić information content (AvgIpc) is 3.30. The zero-order chi connectivity index (χ0) is 16.5. The summed E-state index contributed by atoms with van der Waals surface area (Å²) in [5.41, 5.74) is 0. The Hall–Kier alpha value is -0.300. The van der Waals surface area contributed by atoms with Gasteiger partial charge in [0.15, 0.2) is 5.96 Å². The molecule has 0 aromatic carbocycles. The Balaban J connectivity index is 0.00000288. The van der Waals surface area contributed by atoms with Gasteiger partial charge in [0, 0.05) is 39.3 Å². The number of hydrogen-bond donors (Lipinski definition) is 1. The molecule has 1 N–H and O–H groups in total. The molecular weight excluding hydrogens is 411 g/mol. The number of allylic oxidation sites excluding steroid dienone is 1. The Morgan fingerprint density at radius 3 is 2.75 bits per heavy atom. The minimum Gasteiger partial charge on any atom is -0.357 e. The molecule has 2 fully saturated rings. The van der Waals surface area contributed by atoms with Crippen LogP contribution in [0.3, 0.4) is 0 Å². The lowest BCUT2D eigenvalue weighted by Gasteiger charge is -2.22. The predicted molar refractivity (Wildman–Crippen MR) is 115 cm³/mol. The smallest absolute Gasteiger partial charge is 0.193 e. The van der Waals surface area contributed by atoms with Crippen LogP contribution < -0.4 is 5.32 Å². The summed E-state index contributed by atoms with van der Waals surface area (Å²) in [6.45, 7) is 11.5. The standard InChI is InChI=1S/C19H36N4.HI/c1-4-6-7-8-9-13-22(3)19(20-5-2)21-15-17-12-14-23(16-17)18-10-11-18;/h4,17-18H,1,5-16H2,2-3H3,(H,20,21);1H. The minimum atomic E-state index is 0. The van der Waals surface area contributed by atoms with E-state index in [2.05, 4.69) is 35.7 Å². The third-order valence-electron chi connectivity index (χ3n) is 4.98. The quantitative estimate of drug-likeness (QED) is 0.182. The molecule has 1 atom stereocenters. The maximum absolute atomic E-state index is 4.91. The highest BCUT2D eigenvalue weighted by Gasteiger charge is 2.34. The van der Waals surface area contributed by atoms with Gasteiger partial charge in [0.2, 0.25) is 0 Å². The second-order valence-electron chi connectivity index (χ2n) is 7.14. The van der Waals surface area contributed by atoms with Crippen molar-refractivity contribution in [2.24, 2.45) is 10.9 Å². The van der Waals surface area contributed by atoms with E-state index < -0.39 is 0 Å². The molecule has 0 bridgehead atoms. The highest BCUT2D eigenvalue weighted by atomic mass is 127. The Bertz CT molecular complexity index is 382. The van der Waals surface area contributed by atoms with E-state index in [0.29, 0.717) is 0 Å². The molecule has 0 aromatic rings. The Morgan fingerprint density at radius 1 is 1.29 bits per heavy atom. The minimum absolute atomic E-state index is 0. The van der Waals surface area contributed by atoms with E-state index in [-0.39, 0.29) is 24.0 Å². The van der Waals surface area contributed by atoms with Crippen molar-refractivity contribution >= 4 is 29.9 Å². The summed E-state index contributed by atoms with van der Waals surface area (Å²) in [6.07, 6.45) is 11.1. The molecular formula is C19H37IN4. The van der Waals surface area contributed by atoms with Crippen LogP contribution in [0, 0.1) is 5.92 Å². The van der Waals surface area contributed by atoms with Crippen LogP contribution in [0.2, 0.25) is 0 Å². The molecule has 0 spiro atoms. The number of unbranched alkanes of at least 4 members (excludes halogenated alkanes) is 3. The van der Waals surface area contributed by atoms with Crippen LogP contribution in [0.4, 0.5) is 0 Å². The fourth-order valence-electron chi connectivity index (χ4n) is 3.39. The molecule has 2 aliphatic rings. The van der Waals surface area contributed by atoms with Gasteiger partial charge in [-0.2, -0.15) is 0 Å². The number of nitrogens with one attached hydrogen (secondary N) is 1. The van der Waals surface area contributed by atoms with Gasteiger partial charge in [-0.05, 0) is 57.9 Å². The van der Waals surface area contributed by atoms with Crippen LogP contribution in [0.1, 0.15) is 51.9 Å². The van der Waals surface area contributed by atoms with Crippen LogP contribution in [0.5, 0.6) is 0 Å². The van der Waals surface area contributed by atoms with Gasteiger partial charge in [0.1, 0.15) is 0 Å². The van der Waals surface area contributed by atoms with Gasteiger partial charge in [-0.3, -0.25) is 4.99 Å². The molecule has 0 amide bonds. The monoisotopic (exact) mass is 448 g/mol. The molecule has 2 rings (SSSR count).